The first-order chi connectivity index (χ1) is 9.13. The Morgan fingerprint density at radius 3 is 2.47 bits per heavy atom. The normalized spacial score (nSPS) is 12.0. The van der Waals surface area contributed by atoms with E-state index in [9.17, 15) is 0 Å². The molecule has 0 fully saturated rings. The summed E-state index contributed by atoms with van der Waals surface area (Å²) in [5, 5.41) is 0. The Kier molecular flexibility index (Phi) is 4.02. The predicted molar refractivity (Wildman–Crippen MR) is 77.9 cm³/mol. The lowest BCUT2D eigenvalue weighted by atomic mass is 10.1. The standard InChI is InChI=1S/C15H19N3O/c1-11(16)14-5-4-10-17-15(14)18(2)12-6-8-13(19-3)9-7-12/h4-11H,16H2,1-3H3. The molecular formula is C15H19N3O. The van der Waals surface area contributed by atoms with Crippen molar-refractivity contribution in [1.82, 2.24) is 4.98 Å². The number of hydrogen-bond acceptors (Lipinski definition) is 4. The molecule has 1 heterocycles. The number of ether oxygens (including phenoxy) is 1. The third-order valence-electron chi connectivity index (χ3n) is 3.08. The molecule has 2 rings (SSSR count). The van der Waals surface area contributed by atoms with Crippen LogP contribution in [0.1, 0.15) is 18.5 Å². The van der Waals surface area contributed by atoms with Crippen molar-refractivity contribution in [1.29, 1.82) is 0 Å². The molecule has 0 bridgehead atoms. The van der Waals surface area contributed by atoms with Crippen molar-refractivity contribution in [2.45, 2.75) is 13.0 Å². The van der Waals surface area contributed by atoms with Crippen molar-refractivity contribution in [3.05, 3.63) is 48.2 Å². The molecule has 0 aliphatic rings. The van der Waals surface area contributed by atoms with Gasteiger partial charge in [-0.15, -0.1) is 0 Å². The van der Waals surface area contributed by atoms with Gasteiger partial charge in [0.1, 0.15) is 11.6 Å². The first-order valence-corrected chi connectivity index (χ1v) is 6.21. The molecule has 0 saturated heterocycles. The fraction of sp³-hybridized carbons (Fsp3) is 0.267. The smallest absolute Gasteiger partial charge is 0.137 e. The number of methoxy groups -OCH3 is 1. The number of hydrogen-bond donors (Lipinski definition) is 1. The van der Waals surface area contributed by atoms with E-state index in [-0.39, 0.29) is 6.04 Å². The van der Waals surface area contributed by atoms with E-state index in [0.717, 1.165) is 22.8 Å². The van der Waals surface area contributed by atoms with E-state index in [4.69, 9.17) is 10.5 Å². The molecule has 4 heteroatoms. The minimum Gasteiger partial charge on any atom is -0.497 e. The van der Waals surface area contributed by atoms with Gasteiger partial charge in [-0.05, 0) is 37.3 Å². The molecule has 0 amide bonds. The predicted octanol–water partition coefficient (Wildman–Crippen LogP) is 2.88. The highest BCUT2D eigenvalue weighted by atomic mass is 16.5. The maximum atomic E-state index is 5.99. The van der Waals surface area contributed by atoms with E-state index in [1.807, 2.05) is 55.3 Å². The first kappa shape index (κ1) is 13.4. The highest BCUT2D eigenvalue weighted by Gasteiger charge is 2.13. The van der Waals surface area contributed by atoms with Gasteiger partial charge in [0.05, 0.1) is 7.11 Å². The first-order valence-electron chi connectivity index (χ1n) is 6.21. The summed E-state index contributed by atoms with van der Waals surface area (Å²) < 4.78 is 5.16. The number of nitrogens with zero attached hydrogens (tertiary/aromatic N) is 2. The van der Waals surface area contributed by atoms with Crippen LogP contribution in [0.2, 0.25) is 0 Å². The van der Waals surface area contributed by atoms with Crippen LogP contribution in [0.25, 0.3) is 0 Å². The zero-order chi connectivity index (χ0) is 13.8. The number of nitrogens with two attached hydrogens (primary N) is 1. The summed E-state index contributed by atoms with van der Waals surface area (Å²) in [6, 6.07) is 11.7. The zero-order valence-corrected chi connectivity index (χ0v) is 11.5. The van der Waals surface area contributed by atoms with Gasteiger partial charge in [-0.1, -0.05) is 6.07 Å². The summed E-state index contributed by atoms with van der Waals surface area (Å²) in [4.78, 5) is 6.46. The van der Waals surface area contributed by atoms with Crippen LogP contribution < -0.4 is 15.4 Å². The molecule has 0 aliphatic carbocycles. The maximum Gasteiger partial charge on any atom is 0.137 e. The molecule has 0 spiro atoms. The number of rotatable bonds is 4. The summed E-state index contributed by atoms with van der Waals surface area (Å²) in [6.07, 6.45) is 1.78. The second-order valence-corrected chi connectivity index (χ2v) is 4.46. The molecule has 0 radical (unpaired) electrons. The Bertz CT molecular complexity index is 537. The highest BCUT2D eigenvalue weighted by molar-refractivity contribution is 5.63. The molecule has 4 nitrogen and oxygen atoms in total. The number of benzene rings is 1. The van der Waals surface area contributed by atoms with Crippen molar-refractivity contribution in [2.75, 3.05) is 19.1 Å². The van der Waals surface area contributed by atoms with E-state index in [2.05, 4.69) is 4.98 Å². The lowest BCUT2D eigenvalue weighted by molar-refractivity contribution is 0.415. The molecule has 1 aromatic heterocycles. The van der Waals surface area contributed by atoms with E-state index >= 15 is 0 Å². The summed E-state index contributed by atoms with van der Waals surface area (Å²) >= 11 is 0. The van der Waals surface area contributed by atoms with Crippen molar-refractivity contribution >= 4 is 11.5 Å². The second kappa shape index (κ2) is 5.71. The number of anilines is 2. The molecule has 2 aromatic rings. The third kappa shape index (κ3) is 2.85. The molecule has 1 unspecified atom stereocenters. The molecule has 1 atom stereocenters. The quantitative estimate of drug-likeness (QED) is 0.915. The van der Waals surface area contributed by atoms with E-state index in [1.165, 1.54) is 0 Å². The SMILES string of the molecule is COc1ccc(N(C)c2ncccc2C(C)N)cc1. The molecular weight excluding hydrogens is 238 g/mol. The Labute approximate surface area is 113 Å². The van der Waals surface area contributed by atoms with E-state index < -0.39 is 0 Å². The maximum absolute atomic E-state index is 5.99. The fourth-order valence-electron chi connectivity index (χ4n) is 1.97. The van der Waals surface area contributed by atoms with Gasteiger partial charge in [-0.3, -0.25) is 0 Å². The Morgan fingerprint density at radius 2 is 1.89 bits per heavy atom. The third-order valence-corrected chi connectivity index (χ3v) is 3.08. The molecule has 2 N–H and O–H groups in total. The summed E-state index contributed by atoms with van der Waals surface area (Å²) in [5.74, 6) is 1.72. The van der Waals surface area contributed by atoms with Crippen molar-refractivity contribution in [3.8, 4) is 5.75 Å². The van der Waals surface area contributed by atoms with Crippen molar-refractivity contribution < 1.29 is 4.74 Å². The van der Waals surface area contributed by atoms with Crippen LogP contribution >= 0.6 is 0 Å². The van der Waals surface area contributed by atoms with Gasteiger partial charge >= 0.3 is 0 Å². The van der Waals surface area contributed by atoms with E-state index in [1.54, 1.807) is 13.3 Å². The van der Waals surface area contributed by atoms with Gasteiger partial charge < -0.3 is 15.4 Å². The molecule has 19 heavy (non-hydrogen) atoms. The molecule has 0 saturated carbocycles. The monoisotopic (exact) mass is 257 g/mol. The van der Waals surface area contributed by atoms with Gasteiger partial charge in [-0.2, -0.15) is 0 Å². The van der Waals surface area contributed by atoms with E-state index in [0.29, 0.717) is 0 Å². The van der Waals surface area contributed by atoms with Gasteiger partial charge in [-0.25, -0.2) is 4.98 Å². The fourth-order valence-corrected chi connectivity index (χ4v) is 1.97. The number of aromatic nitrogens is 1. The summed E-state index contributed by atoms with van der Waals surface area (Å²) in [7, 11) is 3.64. The minimum absolute atomic E-state index is 0.0515. The van der Waals surface area contributed by atoms with Crippen LogP contribution in [0.15, 0.2) is 42.6 Å². The Morgan fingerprint density at radius 1 is 1.21 bits per heavy atom. The van der Waals surface area contributed by atoms with Crippen molar-refractivity contribution in [2.24, 2.45) is 5.73 Å². The molecule has 100 valence electrons. The average Bonchev–Trinajstić information content (AvgIpc) is 2.46. The zero-order valence-electron chi connectivity index (χ0n) is 11.5. The van der Waals surface area contributed by atoms with Crippen LogP contribution in [0.5, 0.6) is 5.75 Å². The summed E-state index contributed by atoms with van der Waals surface area (Å²) in [5.41, 5.74) is 8.06. The van der Waals surface area contributed by atoms with Crippen LogP contribution in [0, 0.1) is 0 Å². The lowest BCUT2D eigenvalue weighted by Gasteiger charge is -2.22. The van der Waals surface area contributed by atoms with Crippen LogP contribution in [-0.4, -0.2) is 19.1 Å². The number of pyridine rings is 1. The molecule has 0 aliphatic heterocycles. The van der Waals surface area contributed by atoms with Gasteiger partial charge in [0.2, 0.25) is 0 Å². The van der Waals surface area contributed by atoms with Crippen LogP contribution in [-0.2, 0) is 0 Å². The van der Waals surface area contributed by atoms with Crippen molar-refractivity contribution in [3.63, 3.8) is 0 Å². The average molecular weight is 257 g/mol. The summed E-state index contributed by atoms with van der Waals surface area (Å²) in [6.45, 7) is 1.96. The van der Waals surface area contributed by atoms with Crippen LogP contribution in [0.4, 0.5) is 11.5 Å². The topological polar surface area (TPSA) is 51.4 Å². The Hall–Kier alpha value is -2.07. The Balaban J connectivity index is 2.35. The van der Waals surface area contributed by atoms with Gasteiger partial charge in [0.15, 0.2) is 0 Å². The van der Waals surface area contributed by atoms with Gasteiger partial charge in [0, 0.05) is 30.5 Å². The highest BCUT2D eigenvalue weighted by Crippen LogP contribution is 2.28. The van der Waals surface area contributed by atoms with Gasteiger partial charge in [0.25, 0.3) is 0 Å². The second-order valence-electron chi connectivity index (χ2n) is 4.46. The lowest BCUT2D eigenvalue weighted by Crippen LogP contribution is -2.17. The van der Waals surface area contributed by atoms with Crippen LogP contribution in [0.3, 0.4) is 0 Å². The largest absolute Gasteiger partial charge is 0.497 e. The minimum atomic E-state index is -0.0515. The molecule has 1 aromatic carbocycles.